The first-order valence-electron chi connectivity index (χ1n) is 10.3. The maximum absolute atomic E-state index is 13.7. The largest absolute Gasteiger partial charge is 0.368 e. The summed E-state index contributed by atoms with van der Waals surface area (Å²) < 4.78 is 0. The third kappa shape index (κ3) is 2.36. The van der Waals surface area contributed by atoms with Crippen LogP contribution in [0.4, 0.5) is 5.69 Å². The number of hydrogen-bond acceptors (Lipinski definition) is 4. The quantitative estimate of drug-likeness (QED) is 0.660. The summed E-state index contributed by atoms with van der Waals surface area (Å²) in [5, 5.41) is 1.97. The van der Waals surface area contributed by atoms with Crippen LogP contribution in [0.25, 0.3) is 16.8 Å². The summed E-state index contributed by atoms with van der Waals surface area (Å²) in [6, 6.07) is 19.8. The van der Waals surface area contributed by atoms with Crippen LogP contribution in [0.1, 0.15) is 17.2 Å². The summed E-state index contributed by atoms with van der Waals surface area (Å²) in [7, 11) is 0. The van der Waals surface area contributed by atoms with Gasteiger partial charge in [0, 0.05) is 6.20 Å². The van der Waals surface area contributed by atoms with Gasteiger partial charge in [-0.05, 0) is 40.1 Å². The van der Waals surface area contributed by atoms with Crippen LogP contribution >= 0.6 is 0 Å². The van der Waals surface area contributed by atoms with Gasteiger partial charge >= 0.3 is 0 Å². The highest BCUT2D eigenvalue weighted by molar-refractivity contribution is 6.24. The summed E-state index contributed by atoms with van der Waals surface area (Å²) in [5.74, 6) is -2.72. The lowest BCUT2D eigenvalue weighted by Gasteiger charge is -2.34. The van der Waals surface area contributed by atoms with Crippen molar-refractivity contribution in [2.45, 2.75) is 12.1 Å². The highest BCUT2D eigenvalue weighted by Crippen LogP contribution is 2.53. The Morgan fingerprint density at radius 1 is 0.839 bits per heavy atom. The van der Waals surface area contributed by atoms with E-state index in [-0.39, 0.29) is 11.8 Å². The predicted octanol–water partition coefficient (Wildman–Crippen LogP) is 2.84. The molecule has 0 unspecified atom stereocenters. The fourth-order valence-electron chi connectivity index (χ4n) is 5.45. The van der Waals surface area contributed by atoms with Crippen LogP contribution in [0, 0.1) is 11.8 Å². The van der Waals surface area contributed by atoms with Gasteiger partial charge in [-0.1, -0.05) is 54.6 Å². The number of nitrogens with zero attached hydrogens (tertiary/aromatic N) is 2. The zero-order valence-corrected chi connectivity index (χ0v) is 16.5. The summed E-state index contributed by atoms with van der Waals surface area (Å²) in [6.45, 7) is 0. The van der Waals surface area contributed by atoms with E-state index in [1.807, 2.05) is 66.7 Å². The molecule has 0 radical (unpaired) electrons. The molecule has 0 aromatic heterocycles. The van der Waals surface area contributed by atoms with Crippen molar-refractivity contribution in [1.29, 1.82) is 0 Å². The average molecular weight is 409 g/mol. The van der Waals surface area contributed by atoms with Crippen molar-refractivity contribution in [3.05, 3.63) is 84.1 Å². The van der Waals surface area contributed by atoms with Gasteiger partial charge in [-0.3, -0.25) is 14.4 Å². The number of nitrogens with two attached hydrogens (primary N) is 1. The minimum atomic E-state index is -0.860. The number of hydrogen-bond donors (Lipinski definition) is 1. The molecule has 31 heavy (non-hydrogen) atoms. The number of fused-ring (bicyclic) bond motifs is 6. The Labute approximate surface area is 178 Å². The summed E-state index contributed by atoms with van der Waals surface area (Å²) in [4.78, 5) is 42.7. The van der Waals surface area contributed by atoms with Crippen LogP contribution in [0.3, 0.4) is 0 Å². The van der Waals surface area contributed by atoms with Crippen molar-refractivity contribution in [2.75, 3.05) is 4.90 Å². The second-order valence-electron chi connectivity index (χ2n) is 8.28. The zero-order chi connectivity index (χ0) is 21.3. The number of carbonyl (C=O) groups excluding carboxylic acids is 3. The number of benzene rings is 3. The van der Waals surface area contributed by atoms with Crippen molar-refractivity contribution in [2.24, 2.45) is 17.6 Å². The smallest absolute Gasteiger partial charge is 0.240 e. The molecule has 0 aliphatic carbocycles. The van der Waals surface area contributed by atoms with Gasteiger partial charge in [0.05, 0.1) is 23.6 Å². The normalized spacial score (nSPS) is 26.2. The van der Waals surface area contributed by atoms with E-state index in [9.17, 15) is 14.4 Å². The van der Waals surface area contributed by atoms with E-state index < -0.39 is 29.8 Å². The molecule has 4 atom stereocenters. The molecule has 0 saturated carbocycles. The molecule has 0 bridgehead atoms. The SMILES string of the molecule is NC(=O)[C@H]1[C@H]2C(=O)N(c3ccc4ccccc4c3)C(=O)[C@H]2[C@@H]2c3ccccc3C=CN12. The van der Waals surface area contributed by atoms with Gasteiger partial charge in [0.1, 0.15) is 6.04 Å². The van der Waals surface area contributed by atoms with Gasteiger partial charge in [0.25, 0.3) is 0 Å². The van der Waals surface area contributed by atoms with Gasteiger partial charge < -0.3 is 10.6 Å². The topological polar surface area (TPSA) is 83.7 Å². The highest BCUT2D eigenvalue weighted by Gasteiger charge is 2.64. The minimum absolute atomic E-state index is 0.283. The van der Waals surface area contributed by atoms with Crippen LogP contribution < -0.4 is 10.6 Å². The van der Waals surface area contributed by atoms with E-state index in [1.54, 1.807) is 17.2 Å². The molecule has 2 N–H and O–H groups in total. The molecule has 3 amide bonds. The Kier molecular flexibility index (Phi) is 3.63. The van der Waals surface area contributed by atoms with E-state index in [2.05, 4.69) is 0 Å². The molecule has 0 spiro atoms. The van der Waals surface area contributed by atoms with Crippen molar-refractivity contribution in [3.63, 3.8) is 0 Å². The molecular weight excluding hydrogens is 390 g/mol. The Bertz CT molecular complexity index is 1310. The highest BCUT2D eigenvalue weighted by atomic mass is 16.2. The van der Waals surface area contributed by atoms with E-state index >= 15 is 0 Å². The van der Waals surface area contributed by atoms with Gasteiger partial charge in [0.2, 0.25) is 17.7 Å². The molecular formula is C25H19N3O3. The number of rotatable bonds is 2. The van der Waals surface area contributed by atoms with E-state index in [0.29, 0.717) is 5.69 Å². The number of amides is 3. The predicted molar refractivity (Wildman–Crippen MR) is 116 cm³/mol. The second-order valence-corrected chi connectivity index (χ2v) is 8.28. The molecule has 2 saturated heterocycles. The maximum Gasteiger partial charge on any atom is 0.240 e. The standard InChI is InChI=1S/C25H19N3O3/c26-23(29)22-20-19(21-18-8-4-3-6-15(18)11-12-27(21)22)24(30)28(25(20)31)17-10-9-14-5-1-2-7-16(14)13-17/h1-13,19-22H,(H2,26,29)/t19-,20+,21+,22-/m1/s1. The first-order chi connectivity index (χ1) is 15.1. The molecule has 6 nitrogen and oxygen atoms in total. The van der Waals surface area contributed by atoms with Crippen LogP contribution in [0.2, 0.25) is 0 Å². The third-order valence-corrected chi connectivity index (χ3v) is 6.74. The molecule has 3 aliphatic rings. The number of primary amides is 1. The lowest BCUT2D eigenvalue weighted by molar-refractivity contribution is -0.129. The van der Waals surface area contributed by atoms with Gasteiger partial charge in [-0.2, -0.15) is 0 Å². The minimum Gasteiger partial charge on any atom is -0.368 e. The number of carbonyl (C=O) groups is 3. The van der Waals surface area contributed by atoms with Gasteiger partial charge in [-0.15, -0.1) is 0 Å². The van der Waals surface area contributed by atoms with E-state index in [1.165, 1.54) is 4.90 Å². The molecule has 2 fully saturated rings. The Balaban J connectivity index is 1.49. The fraction of sp³-hybridized carbons (Fsp3) is 0.160. The fourth-order valence-corrected chi connectivity index (χ4v) is 5.45. The Morgan fingerprint density at radius 3 is 2.35 bits per heavy atom. The molecule has 3 aliphatic heterocycles. The second kappa shape index (κ2) is 6.28. The van der Waals surface area contributed by atoms with E-state index in [4.69, 9.17) is 5.73 Å². The van der Waals surface area contributed by atoms with E-state index in [0.717, 1.165) is 21.9 Å². The van der Waals surface area contributed by atoms with Crippen molar-refractivity contribution < 1.29 is 14.4 Å². The lowest BCUT2D eigenvalue weighted by Crippen LogP contribution is -2.46. The Hall–Kier alpha value is -3.93. The van der Waals surface area contributed by atoms with Crippen molar-refractivity contribution in [3.8, 4) is 0 Å². The number of anilines is 1. The summed E-state index contributed by atoms with van der Waals surface area (Å²) in [6.07, 6.45) is 3.69. The molecule has 3 aromatic rings. The summed E-state index contributed by atoms with van der Waals surface area (Å²) in [5.41, 5.74) is 8.19. The van der Waals surface area contributed by atoms with Gasteiger partial charge in [-0.25, -0.2) is 4.90 Å². The Morgan fingerprint density at radius 2 is 1.55 bits per heavy atom. The van der Waals surface area contributed by atoms with Crippen LogP contribution in [0.5, 0.6) is 0 Å². The van der Waals surface area contributed by atoms with Gasteiger partial charge in [0.15, 0.2) is 0 Å². The van der Waals surface area contributed by atoms with Crippen LogP contribution in [0.15, 0.2) is 72.9 Å². The average Bonchev–Trinajstić information content (AvgIpc) is 3.26. The monoisotopic (exact) mass is 409 g/mol. The first-order valence-corrected chi connectivity index (χ1v) is 10.3. The molecule has 6 rings (SSSR count). The summed E-state index contributed by atoms with van der Waals surface area (Å²) >= 11 is 0. The molecule has 152 valence electrons. The molecule has 3 aromatic carbocycles. The van der Waals surface area contributed by atoms with Crippen LogP contribution in [-0.2, 0) is 14.4 Å². The lowest BCUT2D eigenvalue weighted by atomic mass is 9.84. The van der Waals surface area contributed by atoms with Crippen molar-refractivity contribution >= 4 is 40.3 Å². The third-order valence-electron chi connectivity index (χ3n) is 6.74. The van der Waals surface area contributed by atoms with Crippen LogP contribution in [-0.4, -0.2) is 28.7 Å². The number of imide groups is 1. The molecule has 6 heteroatoms. The maximum atomic E-state index is 13.7. The first kappa shape index (κ1) is 17.9. The molecule has 3 heterocycles. The zero-order valence-electron chi connectivity index (χ0n) is 16.5. The van der Waals surface area contributed by atoms with Crippen molar-refractivity contribution in [1.82, 2.24) is 4.90 Å².